The van der Waals surface area contributed by atoms with Gasteiger partial charge in [0.1, 0.15) is 0 Å². The van der Waals surface area contributed by atoms with E-state index in [0.717, 1.165) is 24.1 Å². The Labute approximate surface area is 169 Å². The lowest BCUT2D eigenvalue weighted by molar-refractivity contribution is -0.118. The number of nitrogens with zero attached hydrogens (tertiary/aromatic N) is 1. The highest BCUT2D eigenvalue weighted by Crippen LogP contribution is 2.27. The van der Waals surface area contributed by atoms with Gasteiger partial charge >= 0.3 is 0 Å². The van der Waals surface area contributed by atoms with Gasteiger partial charge in [-0.1, -0.05) is 49.7 Å². The lowest BCUT2D eigenvalue weighted by atomic mass is 10.1. The third-order valence-electron chi connectivity index (χ3n) is 4.05. The molecule has 1 amide bonds. The summed E-state index contributed by atoms with van der Waals surface area (Å²) in [6, 6.07) is 15.7. The van der Waals surface area contributed by atoms with E-state index < -0.39 is 0 Å². The molecule has 3 aromatic rings. The number of ether oxygens (including phenoxy) is 2. The first-order valence-corrected chi connectivity index (χ1v) is 10.3. The summed E-state index contributed by atoms with van der Waals surface area (Å²) in [7, 11) is 0. The molecule has 0 saturated carbocycles. The summed E-state index contributed by atoms with van der Waals surface area (Å²) >= 11 is 1.40. The third kappa shape index (κ3) is 5.33. The van der Waals surface area contributed by atoms with Crippen LogP contribution in [0.1, 0.15) is 25.8 Å². The molecule has 0 radical (unpaired) electrons. The molecular formula is C22H24N2O3S. The monoisotopic (exact) mass is 396 g/mol. The van der Waals surface area contributed by atoms with Gasteiger partial charge in [0.05, 0.1) is 12.3 Å². The highest BCUT2D eigenvalue weighted by molar-refractivity contribution is 7.14. The normalized spacial score (nSPS) is 10.5. The summed E-state index contributed by atoms with van der Waals surface area (Å²) < 4.78 is 11.1. The number of hydrogen-bond acceptors (Lipinski definition) is 5. The van der Waals surface area contributed by atoms with E-state index in [0.29, 0.717) is 23.2 Å². The van der Waals surface area contributed by atoms with E-state index in [2.05, 4.69) is 41.5 Å². The number of benzene rings is 2. The highest BCUT2D eigenvalue weighted by atomic mass is 32.1. The summed E-state index contributed by atoms with van der Waals surface area (Å²) in [5, 5.41) is 5.28. The van der Waals surface area contributed by atoms with Gasteiger partial charge in [0.25, 0.3) is 5.91 Å². The fourth-order valence-electron chi connectivity index (χ4n) is 2.74. The fourth-order valence-corrected chi connectivity index (χ4v) is 3.47. The first-order chi connectivity index (χ1) is 13.7. The van der Waals surface area contributed by atoms with E-state index in [1.807, 2.05) is 30.5 Å². The van der Waals surface area contributed by atoms with Gasteiger partial charge in [-0.3, -0.25) is 10.1 Å². The standard InChI is InChI=1S/C22H24N2O3S/c1-3-7-16-10-12-17(13-11-16)18-15-28-22(23-18)24-21(25)14-27-20-9-6-5-8-19(20)26-4-2/h5-6,8-13,15H,3-4,7,14H2,1-2H3,(H,23,24,25). The van der Waals surface area contributed by atoms with Crippen molar-refractivity contribution in [2.24, 2.45) is 0 Å². The molecule has 1 heterocycles. The minimum absolute atomic E-state index is 0.106. The van der Waals surface area contributed by atoms with Crippen LogP contribution < -0.4 is 14.8 Å². The second kappa shape index (κ2) is 9.90. The molecule has 0 aliphatic heterocycles. The van der Waals surface area contributed by atoms with Crippen LogP contribution in [-0.2, 0) is 11.2 Å². The molecule has 0 atom stereocenters. The maximum Gasteiger partial charge on any atom is 0.264 e. The molecular weight excluding hydrogens is 372 g/mol. The van der Waals surface area contributed by atoms with Crippen LogP contribution in [-0.4, -0.2) is 24.1 Å². The Hall–Kier alpha value is -2.86. The lowest BCUT2D eigenvalue weighted by Crippen LogP contribution is -2.20. The Kier molecular flexibility index (Phi) is 7.03. The molecule has 0 bridgehead atoms. The predicted molar refractivity (Wildman–Crippen MR) is 113 cm³/mol. The Balaban J connectivity index is 1.57. The van der Waals surface area contributed by atoms with Gasteiger partial charge in [-0.15, -0.1) is 11.3 Å². The maximum absolute atomic E-state index is 12.2. The molecule has 146 valence electrons. The molecule has 0 spiro atoms. The Morgan fingerprint density at radius 2 is 1.75 bits per heavy atom. The number of nitrogens with one attached hydrogen (secondary N) is 1. The van der Waals surface area contributed by atoms with Crippen LogP contribution in [0.3, 0.4) is 0 Å². The van der Waals surface area contributed by atoms with Crippen molar-refractivity contribution in [2.75, 3.05) is 18.5 Å². The van der Waals surface area contributed by atoms with E-state index in [1.54, 1.807) is 6.07 Å². The zero-order chi connectivity index (χ0) is 19.8. The number of carbonyl (C=O) groups is 1. The first-order valence-electron chi connectivity index (χ1n) is 9.39. The number of anilines is 1. The molecule has 0 fully saturated rings. The van der Waals surface area contributed by atoms with Crippen molar-refractivity contribution in [1.29, 1.82) is 0 Å². The van der Waals surface area contributed by atoms with Crippen molar-refractivity contribution in [1.82, 2.24) is 4.98 Å². The molecule has 2 aromatic carbocycles. The average molecular weight is 397 g/mol. The maximum atomic E-state index is 12.2. The molecule has 0 aliphatic carbocycles. The topological polar surface area (TPSA) is 60.5 Å². The number of amides is 1. The molecule has 1 N–H and O–H groups in total. The molecule has 0 aliphatic rings. The zero-order valence-electron chi connectivity index (χ0n) is 16.1. The van der Waals surface area contributed by atoms with Crippen LogP contribution in [0.15, 0.2) is 53.9 Å². The number of para-hydroxylation sites is 2. The van der Waals surface area contributed by atoms with Crippen LogP contribution >= 0.6 is 11.3 Å². The van der Waals surface area contributed by atoms with Gasteiger partial charge in [0, 0.05) is 10.9 Å². The molecule has 6 heteroatoms. The molecule has 1 aromatic heterocycles. The van der Waals surface area contributed by atoms with Gasteiger partial charge in [-0.2, -0.15) is 0 Å². The van der Waals surface area contributed by atoms with Crippen molar-refractivity contribution in [3.05, 3.63) is 59.5 Å². The van der Waals surface area contributed by atoms with E-state index in [-0.39, 0.29) is 12.5 Å². The summed E-state index contributed by atoms with van der Waals surface area (Å²) in [5.74, 6) is 0.915. The Bertz CT molecular complexity index is 906. The molecule has 3 rings (SSSR count). The SMILES string of the molecule is CCCc1ccc(-c2csc(NC(=O)COc3ccccc3OCC)n2)cc1. The summed E-state index contributed by atoms with van der Waals surface area (Å²) in [6.07, 6.45) is 2.20. The van der Waals surface area contributed by atoms with Crippen molar-refractivity contribution >= 4 is 22.4 Å². The van der Waals surface area contributed by atoms with Crippen LogP contribution in [0, 0.1) is 0 Å². The average Bonchev–Trinajstić information content (AvgIpc) is 3.17. The van der Waals surface area contributed by atoms with Crippen molar-refractivity contribution < 1.29 is 14.3 Å². The fraction of sp³-hybridized carbons (Fsp3) is 0.273. The second-order valence-corrected chi connectivity index (χ2v) is 7.06. The molecule has 28 heavy (non-hydrogen) atoms. The summed E-state index contributed by atoms with van der Waals surface area (Å²) in [6.45, 7) is 4.50. The van der Waals surface area contributed by atoms with Gasteiger partial charge in [0.15, 0.2) is 23.2 Å². The van der Waals surface area contributed by atoms with E-state index in [1.165, 1.54) is 16.9 Å². The zero-order valence-corrected chi connectivity index (χ0v) is 16.9. The Morgan fingerprint density at radius 1 is 1.04 bits per heavy atom. The number of aryl methyl sites for hydroxylation is 1. The number of aromatic nitrogens is 1. The van der Waals surface area contributed by atoms with E-state index in [4.69, 9.17) is 9.47 Å². The molecule has 0 unspecified atom stereocenters. The third-order valence-corrected chi connectivity index (χ3v) is 4.80. The van der Waals surface area contributed by atoms with Crippen LogP contribution in [0.2, 0.25) is 0 Å². The van der Waals surface area contributed by atoms with Crippen LogP contribution in [0.4, 0.5) is 5.13 Å². The van der Waals surface area contributed by atoms with E-state index in [9.17, 15) is 4.79 Å². The second-order valence-electron chi connectivity index (χ2n) is 6.20. The largest absolute Gasteiger partial charge is 0.490 e. The van der Waals surface area contributed by atoms with Crippen molar-refractivity contribution in [3.63, 3.8) is 0 Å². The van der Waals surface area contributed by atoms with Crippen molar-refractivity contribution in [3.8, 4) is 22.8 Å². The van der Waals surface area contributed by atoms with Crippen LogP contribution in [0.5, 0.6) is 11.5 Å². The number of thiazole rings is 1. The molecule has 5 nitrogen and oxygen atoms in total. The minimum Gasteiger partial charge on any atom is -0.490 e. The van der Waals surface area contributed by atoms with Crippen molar-refractivity contribution in [2.45, 2.75) is 26.7 Å². The highest BCUT2D eigenvalue weighted by Gasteiger charge is 2.10. The number of hydrogen-bond donors (Lipinski definition) is 1. The Morgan fingerprint density at radius 3 is 2.43 bits per heavy atom. The lowest BCUT2D eigenvalue weighted by Gasteiger charge is -2.10. The molecule has 0 saturated heterocycles. The number of rotatable bonds is 9. The summed E-state index contributed by atoms with van der Waals surface area (Å²) in [4.78, 5) is 16.7. The number of carbonyl (C=O) groups excluding carboxylic acids is 1. The van der Waals surface area contributed by atoms with Gasteiger partial charge in [0.2, 0.25) is 0 Å². The summed E-state index contributed by atoms with van der Waals surface area (Å²) in [5.41, 5.74) is 3.21. The van der Waals surface area contributed by atoms with Gasteiger partial charge in [-0.25, -0.2) is 4.98 Å². The van der Waals surface area contributed by atoms with Gasteiger partial charge < -0.3 is 9.47 Å². The van der Waals surface area contributed by atoms with Gasteiger partial charge in [-0.05, 0) is 31.0 Å². The first kappa shape index (κ1) is 19.9. The van der Waals surface area contributed by atoms with E-state index >= 15 is 0 Å². The minimum atomic E-state index is -0.259. The predicted octanol–water partition coefficient (Wildman–Crippen LogP) is 5.18. The van der Waals surface area contributed by atoms with Crippen LogP contribution in [0.25, 0.3) is 11.3 Å². The quantitative estimate of drug-likeness (QED) is 0.541. The smallest absolute Gasteiger partial charge is 0.264 e.